The molecule has 0 amide bonds. The molecule has 16 heavy (non-hydrogen) atoms. The highest BCUT2D eigenvalue weighted by Crippen LogP contribution is 2.27. The van der Waals surface area contributed by atoms with Crippen molar-refractivity contribution >= 4 is 44.7 Å². The number of hydrogen-bond acceptors (Lipinski definition) is 3. The maximum atomic E-state index is 5.98. The smallest absolute Gasteiger partial charge is 0.123 e. The zero-order valence-corrected chi connectivity index (χ0v) is 10.6. The summed E-state index contributed by atoms with van der Waals surface area (Å²) >= 11 is 9.32. The minimum atomic E-state index is 0.499. The van der Waals surface area contributed by atoms with Crippen LogP contribution in [-0.4, -0.2) is 4.98 Å². The number of aromatic nitrogens is 1. The van der Waals surface area contributed by atoms with Crippen molar-refractivity contribution in [1.82, 2.24) is 4.98 Å². The third-order valence-corrected chi connectivity index (χ3v) is 3.23. The van der Waals surface area contributed by atoms with E-state index >= 15 is 0 Å². The molecule has 1 aromatic heterocycles. The van der Waals surface area contributed by atoms with E-state index in [2.05, 4.69) is 26.2 Å². The summed E-state index contributed by atoms with van der Waals surface area (Å²) in [4.78, 5) is 3.99. The van der Waals surface area contributed by atoms with E-state index < -0.39 is 0 Å². The van der Waals surface area contributed by atoms with Gasteiger partial charge in [0.05, 0.1) is 16.9 Å². The first-order valence-corrected chi connectivity index (χ1v) is 5.76. The summed E-state index contributed by atoms with van der Waals surface area (Å²) in [5, 5.41) is 3.84. The van der Waals surface area contributed by atoms with Gasteiger partial charge >= 0.3 is 0 Å². The van der Waals surface area contributed by atoms with Crippen LogP contribution in [0, 0.1) is 0 Å². The fraction of sp³-hybridized carbons (Fsp3) is 0. The van der Waals surface area contributed by atoms with Gasteiger partial charge in [0.1, 0.15) is 5.82 Å². The summed E-state index contributed by atoms with van der Waals surface area (Å²) in [7, 11) is 0. The number of anilines is 3. The maximum Gasteiger partial charge on any atom is 0.123 e. The third-order valence-electron chi connectivity index (χ3n) is 1.99. The first-order valence-electron chi connectivity index (χ1n) is 4.59. The Labute approximate surface area is 107 Å². The van der Waals surface area contributed by atoms with Crippen LogP contribution in [0.25, 0.3) is 0 Å². The van der Waals surface area contributed by atoms with Gasteiger partial charge in [0.25, 0.3) is 0 Å². The number of rotatable bonds is 2. The number of benzene rings is 1. The van der Waals surface area contributed by atoms with Crippen molar-refractivity contribution in [3.63, 3.8) is 0 Å². The van der Waals surface area contributed by atoms with Gasteiger partial charge < -0.3 is 11.1 Å². The Kier molecular flexibility index (Phi) is 3.31. The van der Waals surface area contributed by atoms with Crippen LogP contribution in [0.4, 0.5) is 17.2 Å². The van der Waals surface area contributed by atoms with E-state index in [4.69, 9.17) is 17.3 Å². The molecule has 2 rings (SSSR count). The summed E-state index contributed by atoms with van der Waals surface area (Å²) in [6, 6.07) is 9.24. The molecular weight excluding hydrogens is 289 g/mol. The highest BCUT2D eigenvalue weighted by Gasteiger charge is 1.99. The molecule has 0 saturated carbocycles. The standard InChI is InChI=1S/C11H9BrClN3/c12-9-3-1-7(5-10(9)13)16-8-2-4-11(14)15-6-8/h1-6,16H,(H2,14,15). The first-order chi connectivity index (χ1) is 7.65. The van der Waals surface area contributed by atoms with E-state index in [1.807, 2.05) is 24.3 Å². The second-order valence-corrected chi connectivity index (χ2v) is 4.49. The van der Waals surface area contributed by atoms with E-state index in [1.165, 1.54) is 0 Å². The molecular formula is C11H9BrClN3. The van der Waals surface area contributed by atoms with E-state index in [0.717, 1.165) is 15.8 Å². The van der Waals surface area contributed by atoms with E-state index in [0.29, 0.717) is 10.8 Å². The van der Waals surface area contributed by atoms with Crippen LogP contribution in [0.3, 0.4) is 0 Å². The monoisotopic (exact) mass is 297 g/mol. The summed E-state index contributed by atoms with van der Waals surface area (Å²) in [5.41, 5.74) is 7.27. The van der Waals surface area contributed by atoms with Crippen LogP contribution in [-0.2, 0) is 0 Å². The minimum absolute atomic E-state index is 0.499. The molecule has 0 bridgehead atoms. The molecule has 2 aromatic rings. The number of hydrogen-bond donors (Lipinski definition) is 2. The van der Waals surface area contributed by atoms with Crippen molar-refractivity contribution < 1.29 is 0 Å². The molecule has 3 nitrogen and oxygen atoms in total. The lowest BCUT2D eigenvalue weighted by molar-refractivity contribution is 1.33. The number of halogens is 2. The van der Waals surface area contributed by atoms with Crippen LogP contribution in [0.2, 0.25) is 5.02 Å². The summed E-state index contributed by atoms with van der Waals surface area (Å²) in [6.07, 6.45) is 1.67. The lowest BCUT2D eigenvalue weighted by Crippen LogP contribution is -1.93. The number of nitrogens with one attached hydrogen (secondary N) is 1. The molecule has 0 unspecified atom stereocenters. The second kappa shape index (κ2) is 4.72. The molecule has 0 aliphatic heterocycles. The second-order valence-electron chi connectivity index (χ2n) is 3.23. The Morgan fingerprint density at radius 1 is 1.19 bits per heavy atom. The predicted octanol–water partition coefficient (Wildman–Crippen LogP) is 3.82. The highest BCUT2D eigenvalue weighted by atomic mass is 79.9. The van der Waals surface area contributed by atoms with Gasteiger partial charge in [-0.1, -0.05) is 11.6 Å². The van der Waals surface area contributed by atoms with Crippen LogP contribution in [0.15, 0.2) is 41.0 Å². The number of nitrogens with zero attached hydrogens (tertiary/aromatic N) is 1. The molecule has 0 fully saturated rings. The Bertz CT molecular complexity index is 499. The van der Waals surface area contributed by atoms with Crippen LogP contribution >= 0.6 is 27.5 Å². The van der Waals surface area contributed by atoms with Crippen LogP contribution in [0.5, 0.6) is 0 Å². The van der Waals surface area contributed by atoms with Gasteiger partial charge in [-0.25, -0.2) is 4.98 Å². The zero-order valence-electron chi connectivity index (χ0n) is 8.24. The van der Waals surface area contributed by atoms with Gasteiger partial charge in [-0.3, -0.25) is 0 Å². The zero-order chi connectivity index (χ0) is 11.5. The molecule has 0 aliphatic rings. The third kappa shape index (κ3) is 2.65. The van der Waals surface area contributed by atoms with Crippen molar-refractivity contribution in [3.05, 3.63) is 46.0 Å². The fourth-order valence-electron chi connectivity index (χ4n) is 1.22. The molecule has 0 saturated heterocycles. The quantitative estimate of drug-likeness (QED) is 0.886. The van der Waals surface area contributed by atoms with Crippen LogP contribution < -0.4 is 11.1 Å². The highest BCUT2D eigenvalue weighted by molar-refractivity contribution is 9.10. The van der Waals surface area contributed by atoms with E-state index in [1.54, 1.807) is 12.3 Å². The maximum absolute atomic E-state index is 5.98. The average molecular weight is 299 g/mol. The lowest BCUT2D eigenvalue weighted by atomic mass is 10.3. The van der Waals surface area contributed by atoms with Gasteiger partial charge in [0, 0.05) is 10.2 Å². The van der Waals surface area contributed by atoms with Crippen molar-refractivity contribution in [1.29, 1.82) is 0 Å². The van der Waals surface area contributed by atoms with Gasteiger partial charge in [-0.2, -0.15) is 0 Å². The Balaban J connectivity index is 2.20. The molecule has 3 N–H and O–H groups in total. The van der Waals surface area contributed by atoms with Gasteiger partial charge in [-0.15, -0.1) is 0 Å². The molecule has 5 heteroatoms. The molecule has 0 radical (unpaired) electrons. The SMILES string of the molecule is Nc1ccc(Nc2ccc(Br)c(Cl)c2)cn1. The Morgan fingerprint density at radius 2 is 1.94 bits per heavy atom. The van der Waals surface area contributed by atoms with Crippen LogP contribution in [0.1, 0.15) is 0 Å². The van der Waals surface area contributed by atoms with E-state index in [-0.39, 0.29) is 0 Å². The fourth-order valence-corrected chi connectivity index (χ4v) is 1.65. The number of nitrogen functional groups attached to an aromatic ring is 1. The van der Waals surface area contributed by atoms with Crippen molar-refractivity contribution in [2.24, 2.45) is 0 Å². The van der Waals surface area contributed by atoms with Gasteiger partial charge in [-0.05, 0) is 46.3 Å². The summed E-state index contributed by atoms with van der Waals surface area (Å²) in [6.45, 7) is 0. The number of nitrogens with two attached hydrogens (primary N) is 1. The van der Waals surface area contributed by atoms with Gasteiger partial charge in [0.2, 0.25) is 0 Å². The molecule has 0 spiro atoms. The van der Waals surface area contributed by atoms with E-state index in [9.17, 15) is 0 Å². The Hall–Kier alpha value is -1.26. The largest absolute Gasteiger partial charge is 0.384 e. The first kappa shape index (κ1) is 11.2. The van der Waals surface area contributed by atoms with Crippen molar-refractivity contribution in [3.8, 4) is 0 Å². The average Bonchev–Trinajstić information content (AvgIpc) is 2.27. The summed E-state index contributed by atoms with van der Waals surface area (Å²) < 4.78 is 0.871. The molecule has 1 aromatic carbocycles. The molecule has 82 valence electrons. The number of pyridine rings is 1. The molecule has 0 aliphatic carbocycles. The normalized spacial score (nSPS) is 10.1. The van der Waals surface area contributed by atoms with Crippen molar-refractivity contribution in [2.45, 2.75) is 0 Å². The Morgan fingerprint density at radius 3 is 2.56 bits per heavy atom. The topological polar surface area (TPSA) is 50.9 Å². The summed E-state index contributed by atoms with van der Waals surface area (Å²) in [5.74, 6) is 0.499. The molecule has 0 atom stereocenters. The van der Waals surface area contributed by atoms with Gasteiger partial charge in [0.15, 0.2) is 0 Å². The minimum Gasteiger partial charge on any atom is -0.384 e. The lowest BCUT2D eigenvalue weighted by Gasteiger charge is -2.07. The molecule has 1 heterocycles. The van der Waals surface area contributed by atoms with Crippen molar-refractivity contribution in [2.75, 3.05) is 11.1 Å². The predicted molar refractivity (Wildman–Crippen MR) is 71.1 cm³/mol.